The number of carbonyl (C=O) groups excluding carboxylic acids is 1. The zero-order valence-corrected chi connectivity index (χ0v) is 10.4. The van der Waals surface area contributed by atoms with Crippen molar-refractivity contribution < 1.29 is 18.3 Å². The van der Waals surface area contributed by atoms with Gasteiger partial charge in [-0.3, -0.25) is 4.79 Å². The van der Waals surface area contributed by atoms with E-state index in [1.807, 2.05) is 0 Å². The van der Waals surface area contributed by atoms with Crippen LogP contribution in [0.15, 0.2) is 36.4 Å². The molecule has 0 atom stereocenters. The largest absolute Gasteiger partial charge is 0.486 e. The van der Waals surface area contributed by atoms with Crippen LogP contribution in [0.4, 0.5) is 14.5 Å². The highest BCUT2D eigenvalue weighted by atomic mass is 19.1. The Labute approximate surface area is 114 Å². The Balaban J connectivity index is 2.21. The van der Waals surface area contributed by atoms with Crippen molar-refractivity contribution in [1.82, 2.24) is 0 Å². The van der Waals surface area contributed by atoms with Crippen LogP contribution < -0.4 is 16.2 Å². The fraction of sp³-hybridized carbons (Fsp3) is 0.0714. The fourth-order valence-electron chi connectivity index (χ4n) is 1.70. The predicted molar refractivity (Wildman–Crippen MR) is 70.1 cm³/mol. The van der Waals surface area contributed by atoms with Gasteiger partial charge in [-0.2, -0.15) is 0 Å². The van der Waals surface area contributed by atoms with Crippen LogP contribution in [0.3, 0.4) is 0 Å². The molecule has 2 aromatic rings. The van der Waals surface area contributed by atoms with E-state index in [4.69, 9.17) is 16.2 Å². The van der Waals surface area contributed by atoms with Gasteiger partial charge in [-0.1, -0.05) is 18.2 Å². The molecule has 6 heteroatoms. The van der Waals surface area contributed by atoms with Gasteiger partial charge in [0.2, 0.25) is 5.91 Å². The topological polar surface area (TPSA) is 78.3 Å². The molecular weight excluding hydrogens is 266 g/mol. The van der Waals surface area contributed by atoms with Gasteiger partial charge < -0.3 is 16.2 Å². The molecule has 2 aromatic carbocycles. The molecule has 0 saturated heterocycles. The zero-order chi connectivity index (χ0) is 14.7. The molecule has 0 spiro atoms. The maximum absolute atomic E-state index is 13.5. The minimum absolute atomic E-state index is 0.112. The molecule has 0 radical (unpaired) electrons. The third-order valence-corrected chi connectivity index (χ3v) is 2.72. The smallest absolute Gasteiger partial charge is 0.249 e. The van der Waals surface area contributed by atoms with Gasteiger partial charge in [-0.25, -0.2) is 8.78 Å². The third-order valence-electron chi connectivity index (χ3n) is 2.72. The Morgan fingerprint density at radius 2 is 1.85 bits per heavy atom. The predicted octanol–water partition coefficient (Wildman–Crippen LogP) is 2.22. The van der Waals surface area contributed by atoms with Crippen molar-refractivity contribution in [2.45, 2.75) is 6.61 Å². The number of amides is 1. The summed E-state index contributed by atoms with van der Waals surface area (Å²) in [6.07, 6.45) is 0. The first-order valence-electron chi connectivity index (χ1n) is 5.74. The summed E-state index contributed by atoms with van der Waals surface area (Å²) in [5.74, 6) is -2.45. The maximum atomic E-state index is 13.5. The highest BCUT2D eigenvalue weighted by molar-refractivity contribution is 5.94. The molecule has 1 amide bonds. The van der Waals surface area contributed by atoms with E-state index in [9.17, 15) is 13.6 Å². The van der Waals surface area contributed by atoms with Crippen molar-refractivity contribution in [2.75, 3.05) is 5.73 Å². The van der Waals surface area contributed by atoms with Crippen molar-refractivity contribution in [3.05, 3.63) is 59.2 Å². The lowest BCUT2D eigenvalue weighted by Crippen LogP contribution is -2.14. The van der Waals surface area contributed by atoms with Crippen LogP contribution in [0, 0.1) is 11.6 Å². The van der Waals surface area contributed by atoms with Crippen molar-refractivity contribution in [1.29, 1.82) is 0 Å². The first-order valence-corrected chi connectivity index (χ1v) is 5.74. The van der Waals surface area contributed by atoms with Crippen molar-refractivity contribution in [2.24, 2.45) is 5.73 Å². The summed E-state index contributed by atoms with van der Waals surface area (Å²) in [4.78, 5) is 11.2. The summed E-state index contributed by atoms with van der Waals surface area (Å²) >= 11 is 0. The Kier molecular flexibility index (Phi) is 3.84. The highest BCUT2D eigenvalue weighted by Crippen LogP contribution is 2.24. The molecule has 20 heavy (non-hydrogen) atoms. The van der Waals surface area contributed by atoms with Gasteiger partial charge in [-0.15, -0.1) is 0 Å². The second kappa shape index (κ2) is 5.56. The van der Waals surface area contributed by atoms with Crippen LogP contribution in [0.1, 0.15) is 15.9 Å². The number of halogens is 2. The average Bonchev–Trinajstić information content (AvgIpc) is 2.41. The molecule has 0 unspecified atom stereocenters. The molecule has 104 valence electrons. The lowest BCUT2D eigenvalue weighted by molar-refractivity contribution is 0.0998. The van der Waals surface area contributed by atoms with E-state index in [0.717, 1.165) is 12.1 Å². The monoisotopic (exact) mass is 278 g/mol. The zero-order valence-electron chi connectivity index (χ0n) is 10.4. The Morgan fingerprint density at radius 3 is 2.55 bits per heavy atom. The lowest BCUT2D eigenvalue weighted by Gasteiger charge is -2.10. The first kappa shape index (κ1) is 13.8. The molecule has 0 bridgehead atoms. The summed E-state index contributed by atoms with van der Waals surface area (Å²) in [6.45, 7) is -0.112. The number of nitrogens with two attached hydrogens (primary N) is 2. The van der Waals surface area contributed by atoms with E-state index in [2.05, 4.69) is 0 Å². The number of anilines is 1. The summed E-state index contributed by atoms with van der Waals surface area (Å²) in [5, 5.41) is 0. The van der Waals surface area contributed by atoms with Gasteiger partial charge in [0.15, 0.2) is 11.6 Å². The first-order chi connectivity index (χ1) is 9.49. The molecule has 0 aliphatic rings. The van der Waals surface area contributed by atoms with E-state index < -0.39 is 17.5 Å². The molecule has 4 N–H and O–H groups in total. The van der Waals surface area contributed by atoms with Crippen LogP contribution in [-0.2, 0) is 6.61 Å². The Morgan fingerprint density at radius 1 is 1.15 bits per heavy atom. The summed E-state index contributed by atoms with van der Waals surface area (Å²) in [7, 11) is 0. The number of hydrogen-bond acceptors (Lipinski definition) is 3. The van der Waals surface area contributed by atoms with Gasteiger partial charge in [0.1, 0.15) is 12.4 Å². The van der Waals surface area contributed by atoms with Gasteiger partial charge in [-0.05, 0) is 6.07 Å². The third kappa shape index (κ3) is 2.85. The molecule has 0 fully saturated rings. The number of nitrogen functional groups attached to an aromatic ring is 1. The van der Waals surface area contributed by atoms with Crippen molar-refractivity contribution >= 4 is 11.6 Å². The fourth-order valence-corrected chi connectivity index (χ4v) is 1.70. The Hall–Kier alpha value is -2.63. The van der Waals surface area contributed by atoms with E-state index >= 15 is 0 Å². The van der Waals surface area contributed by atoms with Gasteiger partial charge in [0, 0.05) is 23.3 Å². The van der Waals surface area contributed by atoms with Crippen molar-refractivity contribution in [3.63, 3.8) is 0 Å². The standard InChI is InChI=1S/C14H12F2N2O2/c15-10-6-13(11(16)5-12(10)17)20-7-8-3-1-2-4-9(8)14(18)19/h1-6H,7,17H2,(H2,18,19). The Bertz CT molecular complexity index is 660. The number of carbonyl (C=O) groups is 1. The molecule has 2 rings (SSSR count). The summed E-state index contributed by atoms with van der Waals surface area (Å²) in [5.41, 5.74) is 10.9. The van der Waals surface area contributed by atoms with E-state index in [0.29, 0.717) is 5.56 Å². The van der Waals surface area contributed by atoms with Crippen LogP contribution >= 0.6 is 0 Å². The minimum Gasteiger partial charge on any atom is -0.486 e. The molecule has 0 aromatic heterocycles. The maximum Gasteiger partial charge on any atom is 0.249 e. The molecule has 0 heterocycles. The quantitative estimate of drug-likeness (QED) is 0.842. The van der Waals surface area contributed by atoms with Crippen LogP contribution in [-0.4, -0.2) is 5.91 Å². The van der Waals surface area contributed by atoms with Crippen molar-refractivity contribution in [3.8, 4) is 5.75 Å². The normalized spacial score (nSPS) is 10.3. The van der Waals surface area contributed by atoms with Gasteiger partial charge >= 0.3 is 0 Å². The second-order valence-corrected chi connectivity index (χ2v) is 4.11. The van der Waals surface area contributed by atoms with Gasteiger partial charge in [0.25, 0.3) is 0 Å². The van der Waals surface area contributed by atoms with E-state index in [1.165, 1.54) is 6.07 Å². The number of primary amides is 1. The SMILES string of the molecule is NC(=O)c1ccccc1COc1cc(F)c(N)cc1F. The minimum atomic E-state index is -0.777. The van der Waals surface area contributed by atoms with Gasteiger partial charge in [0.05, 0.1) is 5.69 Å². The van der Waals surface area contributed by atoms with E-state index in [1.54, 1.807) is 18.2 Å². The highest BCUT2D eigenvalue weighted by Gasteiger charge is 2.11. The second-order valence-electron chi connectivity index (χ2n) is 4.11. The summed E-state index contributed by atoms with van der Waals surface area (Å²) in [6, 6.07) is 8.17. The molecule has 4 nitrogen and oxygen atoms in total. The van der Waals surface area contributed by atoms with Crippen LogP contribution in [0.5, 0.6) is 5.75 Å². The average molecular weight is 278 g/mol. The summed E-state index contributed by atoms with van der Waals surface area (Å²) < 4.78 is 31.9. The van der Waals surface area contributed by atoms with Crippen LogP contribution in [0.2, 0.25) is 0 Å². The number of rotatable bonds is 4. The van der Waals surface area contributed by atoms with E-state index in [-0.39, 0.29) is 23.6 Å². The number of ether oxygens (including phenoxy) is 1. The molecule has 0 aliphatic carbocycles. The van der Waals surface area contributed by atoms with Crippen LogP contribution in [0.25, 0.3) is 0 Å². The number of benzene rings is 2. The lowest BCUT2D eigenvalue weighted by atomic mass is 10.1. The molecule has 0 saturated carbocycles. The molecule has 0 aliphatic heterocycles. The molecular formula is C14H12F2N2O2. The number of hydrogen-bond donors (Lipinski definition) is 2.